The fourth-order valence-electron chi connectivity index (χ4n) is 3.80. The molecule has 3 unspecified atom stereocenters. The molecule has 0 saturated carbocycles. The van der Waals surface area contributed by atoms with Gasteiger partial charge in [0.1, 0.15) is 24.2 Å². The third kappa shape index (κ3) is 9.58. The molecule has 1 aromatic carbocycles. The highest BCUT2D eigenvalue weighted by molar-refractivity contribution is 7.66. The highest BCUT2D eigenvalue weighted by Gasteiger charge is 2.44. The van der Waals surface area contributed by atoms with Gasteiger partial charge in [0.25, 0.3) is 0 Å². The Morgan fingerprint density at radius 1 is 1.02 bits per heavy atom. The number of alkyl halides is 3. The number of halogens is 3. The Kier molecular flexibility index (Phi) is 10.5. The smallest absolute Gasteiger partial charge is 0.390 e. The Balaban J connectivity index is 1.25. The first kappa shape index (κ1) is 35.0. The Morgan fingerprint density at radius 3 is 2.29 bits per heavy atom. The van der Waals surface area contributed by atoms with Crippen molar-refractivity contribution in [2.24, 2.45) is 0 Å². The molecule has 0 bridgehead atoms. The lowest BCUT2D eigenvalue weighted by atomic mass is 10.1. The van der Waals surface area contributed by atoms with Crippen LogP contribution in [-0.2, 0) is 54.0 Å². The number of amides is 1. The number of nitrogens with one attached hydrogen (secondary N) is 1. The predicted octanol–water partition coefficient (Wildman–Crippen LogP) is 1.80. The van der Waals surface area contributed by atoms with Gasteiger partial charge in [-0.25, -0.2) is 28.6 Å². The Bertz CT molecular complexity index is 1680. The minimum Gasteiger partial charge on any atom is -0.390 e. The van der Waals surface area contributed by atoms with Gasteiger partial charge in [0.05, 0.1) is 25.6 Å². The maximum Gasteiger partial charge on any atom is 0.490 e. The molecule has 1 amide bonds. The number of carbonyl (C=O) groups is 1. The number of anilines is 1. The average molecular weight is 706 g/mol. The number of benzene rings is 1. The van der Waals surface area contributed by atoms with Crippen LogP contribution >= 0.6 is 23.5 Å². The van der Waals surface area contributed by atoms with E-state index < -0.39 is 73.7 Å². The fraction of sp³-hybridized carbons (Fsp3) is 0.400. The van der Waals surface area contributed by atoms with E-state index in [4.69, 9.17) is 10.5 Å². The molecule has 1 saturated heterocycles. The molecule has 3 heterocycles. The molecule has 1 aliphatic rings. The molecule has 1 aliphatic heterocycles. The van der Waals surface area contributed by atoms with Gasteiger partial charge in [-0.2, -0.15) is 21.8 Å². The number of ether oxygens (including phenoxy) is 1. The Hall–Kier alpha value is -2.84. The van der Waals surface area contributed by atoms with E-state index in [0.717, 1.165) is 0 Å². The number of aromatic nitrogens is 4. The maximum atomic E-state index is 12.3. The summed E-state index contributed by atoms with van der Waals surface area (Å²) in [6.45, 7) is -2.06. The fourth-order valence-corrected chi connectivity index (χ4v) is 7.30. The van der Waals surface area contributed by atoms with Gasteiger partial charge in [-0.3, -0.25) is 18.4 Å². The number of hydrogen-bond acceptors (Lipinski definition) is 14. The van der Waals surface area contributed by atoms with E-state index in [1.807, 2.05) is 0 Å². The number of hydrogen-bond donors (Lipinski definition) is 6. The van der Waals surface area contributed by atoms with E-state index >= 15 is 0 Å². The number of nitrogens with two attached hydrogens (primary N) is 1. The number of fused-ring (bicyclic) bond motifs is 1. The largest absolute Gasteiger partial charge is 0.490 e. The summed E-state index contributed by atoms with van der Waals surface area (Å²) >= 11 is 0. The molecule has 2 aromatic heterocycles. The number of aliphatic hydroxyl groups is 1. The van der Waals surface area contributed by atoms with E-state index in [9.17, 15) is 51.4 Å². The van der Waals surface area contributed by atoms with Gasteiger partial charge in [-0.15, -0.1) is 0 Å². The van der Waals surface area contributed by atoms with Crippen molar-refractivity contribution in [3.8, 4) is 0 Å². The van der Waals surface area contributed by atoms with Crippen LogP contribution < -0.4 is 11.1 Å². The average Bonchev–Trinajstić information content (AvgIpc) is 3.52. The van der Waals surface area contributed by atoms with Crippen molar-refractivity contribution >= 4 is 46.4 Å². The van der Waals surface area contributed by atoms with Gasteiger partial charge in [0.15, 0.2) is 11.5 Å². The van der Waals surface area contributed by atoms with Gasteiger partial charge in [0.2, 0.25) is 0 Å². The number of aliphatic hydroxyl groups excluding tert-OH is 1. The lowest BCUT2D eigenvalue weighted by Crippen LogP contribution is -2.36. The van der Waals surface area contributed by atoms with Crippen molar-refractivity contribution < 1.29 is 73.9 Å². The molecule has 19 nitrogen and oxygen atoms in total. The van der Waals surface area contributed by atoms with Crippen LogP contribution in [-0.4, -0.2) is 70.2 Å². The van der Waals surface area contributed by atoms with Gasteiger partial charge in [-0.05, 0) is 11.1 Å². The van der Waals surface area contributed by atoms with Crippen LogP contribution in [0, 0.1) is 0 Å². The van der Waals surface area contributed by atoms with Crippen molar-refractivity contribution in [1.29, 1.82) is 0 Å². The Morgan fingerprint density at radius 2 is 1.64 bits per heavy atom. The minimum atomic E-state index is -5.81. The zero-order chi connectivity index (χ0) is 33.2. The third-order valence-electron chi connectivity index (χ3n) is 5.84. The summed E-state index contributed by atoms with van der Waals surface area (Å²) in [6.07, 6.45) is -6.00. The van der Waals surface area contributed by atoms with Crippen molar-refractivity contribution in [3.05, 3.63) is 48.0 Å². The summed E-state index contributed by atoms with van der Waals surface area (Å²) in [4.78, 5) is 52.2. The van der Waals surface area contributed by atoms with Crippen LogP contribution in [0.25, 0.3) is 11.2 Å². The van der Waals surface area contributed by atoms with Crippen LogP contribution in [0.5, 0.6) is 0 Å². The molecule has 25 heteroatoms. The molecule has 4 rings (SSSR count). The molecule has 6 atom stereocenters. The molecule has 248 valence electrons. The van der Waals surface area contributed by atoms with Crippen molar-refractivity contribution in [2.45, 2.75) is 44.2 Å². The summed E-state index contributed by atoms with van der Waals surface area (Å²) in [7, 11) is -16.7. The molecule has 1 fully saturated rings. The van der Waals surface area contributed by atoms with Gasteiger partial charge < -0.3 is 35.6 Å². The van der Waals surface area contributed by atoms with E-state index in [1.165, 1.54) is 41.5 Å². The van der Waals surface area contributed by atoms with E-state index in [0.29, 0.717) is 0 Å². The lowest BCUT2D eigenvalue weighted by Gasteiger charge is -2.20. The normalized spacial score (nSPS) is 22.9. The molecule has 3 aromatic rings. The van der Waals surface area contributed by atoms with Gasteiger partial charge in [-0.1, -0.05) is 24.3 Å². The van der Waals surface area contributed by atoms with Crippen LogP contribution in [0.15, 0.2) is 36.9 Å². The second-order valence-electron chi connectivity index (χ2n) is 9.15. The minimum absolute atomic E-state index is 0.0516. The van der Waals surface area contributed by atoms with Gasteiger partial charge >= 0.3 is 35.6 Å². The number of carbonyl (C=O) groups excluding carboxylic acids is 1. The number of rotatable bonds is 13. The van der Waals surface area contributed by atoms with Crippen molar-refractivity contribution in [1.82, 2.24) is 24.8 Å². The van der Waals surface area contributed by atoms with Crippen LogP contribution in [0.1, 0.15) is 23.8 Å². The molecular weight excluding hydrogens is 682 g/mol. The first-order valence-corrected chi connectivity index (χ1v) is 16.7. The monoisotopic (exact) mass is 706 g/mol. The zero-order valence-electron chi connectivity index (χ0n) is 22.3. The number of phosphoric ester groups is 2. The predicted molar refractivity (Wildman–Crippen MR) is 141 cm³/mol. The van der Waals surface area contributed by atoms with E-state index in [2.05, 4.69) is 32.6 Å². The van der Waals surface area contributed by atoms with Crippen molar-refractivity contribution in [3.63, 3.8) is 0 Å². The third-order valence-corrected chi connectivity index (χ3v) is 10.1. The lowest BCUT2D eigenvalue weighted by molar-refractivity contribution is -0.173. The van der Waals surface area contributed by atoms with Crippen molar-refractivity contribution in [2.75, 3.05) is 12.3 Å². The van der Waals surface area contributed by atoms with Crippen LogP contribution in [0.3, 0.4) is 0 Å². The highest BCUT2D eigenvalue weighted by atomic mass is 31.3. The zero-order valence-corrected chi connectivity index (χ0v) is 25.0. The Labute approximate surface area is 249 Å². The second kappa shape index (κ2) is 13.5. The summed E-state index contributed by atoms with van der Waals surface area (Å²) in [5, 5.41) is 12.0. The topological polar surface area (TPSA) is 277 Å². The number of nitrogen functional groups attached to an aromatic ring is 1. The standard InChI is InChI=1S/C20H24F3N6O13P3/c21-20(22,23)19(31)25-6-11-1-3-12(4-2-11)7-38-43(32,33)41-45(36,37)42-44(34,35)39-8-14-13(30)5-15(40-14)29-10-28-16-17(24)26-9-27-18(16)29/h1-4,9-10,13-15,30H,5-8H2,(H,25,31)(H,32,33)(H,34,35)(H,36,37)(H2,24,26,27)/t13-,14+,15+/m0/s1. The molecule has 0 radical (unpaired) electrons. The molecule has 0 aliphatic carbocycles. The molecule has 7 N–H and O–H groups in total. The molecular formula is C20H24F3N6O13P3. The summed E-state index contributed by atoms with van der Waals surface area (Å²) in [5.41, 5.74) is 6.65. The van der Waals surface area contributed by atoms with Crippen LogP contribution in [0.2, 0.25) is 0 Å². The number of nitrogens with zero attached hydrogens (tertiary/aromatic N) is 4. The second-order valence-corrected chi connectivity index (χ2v) is 13.8. The molecule has 0 spiro atoms. The first-order valence-electron chi connectivity index (χ1n) is 12.2. The SMILES string of the molecule is Nc1ncnc2c1ncn2[C@H]1C[C@H](O)[C@@H](COP(=O)(O)OP(=O)(O)OP(=O)(O)OCc2ccc(CNC(=O)C(F)(F)F)cc2)O1. The van der Waals surface area contributed by atoms with Gasteiger partial charge in [0, 0.05) is 13.0 Å². The first-order chi connectivity index (χ1) is 20.8. The molecule has 45 heavy (non-hydrogen) atoms. The highest BCUT2D eigenvalue weighted by Crippen LogP contribution is 2.67. The quantitative estimate of drug-likeness (QED) is 0.138. The number of phosphoric acid groups is 3. The summed E-state index contributed by atoms with van der Waals surface area (Å²) in [6, 6.07) is 4.99. The van der Waals surface area contributed by atoms with E-state index in [1.54, 1.807) is 5.32 Å². The summed E-state index contributed by atoms with van der Waals surface area (Å²) < 4.78 is 97.7. The van der Waals surface area contributed by atoms with Crippen LogP contribution in [0.4, 0.5) is 19.0 Å². The number of imidazole rings is 1. The maximum absolute atomic E-state index is 12.3. The van der Waals surface area contributed by atoms with E-state index in [-0.39, 0.29) is 34.5 Å². The summed E-state index contributed by atoms with van der Waals surface area (Å²) in [5.74, 6) is -2.06.